The van der Waals surface area contributed by atoms with Gasteiger partial charge in [-0.1, -0.05) is 0 Å². The Hall–Kier alpha value is -1.14. The lowest BCUT2D eigenvalue weighted by atomic mass is 9.93. The Kier molecular flexibility index (Phi) is 2.99. The number of carbonyl (C=O) groups excluding carboxylic acids is 1. The van der Waals surface area contributed by atoms with Gasteiger partial charge in [-0.15, -0.1) is 11.8 Å². The molecule has 1 amide bonds. The van der Waals surface area contributed by atoms with E-state index in [1.54, 1.807) is 25.6 Å². The van der Waals surface area contributed by atoms with Gasteiger partial charge in [0.05, 0.1) is 10.9 Å². The molecular weight excluding hydrogens is 250 g/mol. The minimum absolute atomic E-state index is 0.0670. The van der Waals surface area contributed by atoms with Crippen LogP contribution in [0.5, 0.6) is 0 Å². The molecule has 0 saturated carbocycles. The third-order valence-electron chi connectivity index (χ3n) is 3.51. The van der Waals surface area contributed by atoms with E-state index in [9.17, 15) is 4.79 Å². The molecule has 0 N–H and O–H groups in total. The van der Waals surface area contributed by atoms with E-state index in [2.05, 4.69) is 9.97 Å². The van der Waals surface area contributed by atoms with Crippen molar-refractivity contribution < 1.29 is 9.53 Å². The predicted molar refractivity (Wildman–Crippen MR) is 68.5 cm³/mol. The Balaban J connectivity index is 1.61. The van der Waals surface area contributed by atoms with Gasteiger partial charge in [-0.25, -0.2) is 9.97 Å². The molecule has 1 spiro atoms. The Labute approximate surface area is 110 Å². The van der Waals surface area contributed by atoms with Gasteiger partial charge >= 0.3 is 0 Å². The second-order valence-corrected chi connectivity index (χ2v) is 6.28. The zero-order valence-corrected chi connectivity index (χ0v) is 11.0. The molecule has 2 saturated heterocycles. The molecule has 3 rings (SSSR count). The van der Waals surface area contributed by atoms with Crippen LogP contribution in [-0.2, 0) is 4.74 Å². The van der Waals surface area contributed by atoms with Crippen LogP contribution in [0.3, 0.4) is 0 Å². The third kappa shape index (κ3) is 1.99. The van der Waals surface area contributed by atoms with E-state index in [4.69, 9.17) is 4.74 Å². The van der Waals surface area contributed by atoms with Gasteiger partial charge in [0.25, 0.3) is 5.91 Å². The van der Waals surface area contributed by atoms with Crippen LogP contribution in [0, 0.1) is 0 Å². The minimum Gasteiger partial charge on any atom is -0.381 e. The summed E-state index contributed by atoms with van der Waals surface area (Å²) >= 11 is 1.92. The highest BCUT2D eigenvalue weighted by atomic mass is 32.2. The van der Waals surface area contributed by atoms with Crippen LogP contribution in [0.25, 0.3) is 0 Å². The first-order chi connectivity index (χ1) is 8.72. The van der Waals surface area contributed by atoms with E-state index in [-0.39, 0.29) is 10.7 Å². The van der Waals surface area contributed by atoms with E-state index in [0.29, 0.717) is 11.9 Å². The van der Waals surface area contributed by atoms with Gasteiger partial charge in [0.1, 0.15) is 0 Å². The number of nitrogens with zero attached hydrogens (tertiary/aromatic N) is 3. The molecule has 1 aromatic rings. The van der Waals surface area contributed by atoms with Crippen molar-refractivity contribution in [1.82, 2.24) is 14.9 Å². The van der Waals surface area contributed by atoms with Crippen molar-refractivity contribution in [3.8, 4) is 0 Å². The maximum Gasteiger partial charge on any atom is 0.291 e. The number of hydrogen-bond donors (Lipinski definition) is 0. The summed E-state index contributed by atoms with van der Waals surface area (Å²) < 4.78 is 5.59. The van der Waals surface area contributed by atoms with Crippen molar-refractivity contribution in [2.24, 2.45) is 0 Å². The van der Waals surface area contributed by atoms with Crippen molar-refractivity contribution in [3.05, 3.63) is 24.3 Å². The average Bonchev–Trinajstić information content (AvgIpc) is 2.82. The summed E-state index contributed by atoms with van der Waals surface area (Å²) in [5, 5.41) is 0. The summed E-state index contributed by atoms with van der Waals surface area (Å²) in [6.45, 7) is 1.57. The van der Waals surface area contributed by atoms with Crippen LogP contribution in [0.15, 0.2) is 18.5 Å². The number of amides is 1. The fourth-order valence-electron chi connectivity index (χ4n) is 2.52. The number of ether oxygens (including phenoxy) is 1. The minimum atomic E-state index is -0.0670. The topological polar surface area (TPSA) is 55.3 Å². The summed E-state index contributed by atoms with van der Waals surface area (Å²) in [4.78, 5) is 21.9. The van der Waals surface area contributed by atoms with Crippen LogP contribution in [0.2, 0.25) is 0 Å². The van der Waals surface area contributed by atoms with Crippen molar-refractivity contribution in [1.29, 1.82) is 0 Å². The van der Waals surface area contributed by atoms with Crippen LogP contribution in [0.4, 0.5) is 0 Å². The number of rotatable bonds is 2. The number of methoxy groups -OCH3 is 1. The van der Waals surface area contributed by atoms with E-state index in [1.807, 2.05) is 16.7 Å². The number of aromatic nitrogens is 2. The first-order valence-electron chi connectivity index (χ1n) is 5.95. The Bertz CT molecular complexity index is 448. The fraction of sp³-hybridized carbons (Fsp3) is 0.583. The van der Waals surface area contributed by atoms with Crippen LogP contribution < -0.4 is 0 Å². The predicted octanol–water partition coefficient (Wildman–Crippen LogP) is 0.823. The highest BCUT2D eigenvalue weighted by Crippen LogP contribution is 2.46. The van der Waals surface area contributed by atoms with Gasteiger partial charge in [-0.2, -0.15) is 0 Å². The largest absolute Gasteiger partial charge is 0.381 e. The summed E-state index contributed by atoms with van der Waals surface area (Å²) in [6, 6.07) is 1.71. The van der Waals surface area contributed by atoms with Gasteiger partial charge < -0.3 is 9.64 Å². The molecule has 2 fully saturated rings. The van der Waals surface area contributed by atoms with Crippen LogP contribution >= 0.6 is 11.8 Å². The maximum atomic E-state index is 12.1. The molecule has 5 nitrogen and oxygen atoms in total. The number of hydrogen-bond acceptors (Lipinski definition) is 5. The van der Waals surface area contributed by atoms with E-state index in [1.165, 1.54) is 0 Å². The number of thioether (sulfide) groups is 1. The molecule has 0 aliphatic carbocycles. The van der Waals surface area contributed by atoms with Gasteiger partial charge in [0.2, 0.25) is 5.82 Å². The van der Waals surface area contributed by atoms with Gasteiger partial charge in [0, 0.05) is 38.3 Å². The first-order valence-corrected chi connectivity index (χ1v) is 6.94. The summed E-state index contributed by atoms with van der Waals surface area (Å²) in [5.74, 6) is 1.25. The Morgan fingerprint density at radius 2 is 2.22 bits per heavy atom. The van der Waals surface area contributed by atoms with E-state index in [0.717, 1.165) is 25.3 Å². The summed E-state index contributed by atoms with van der Waals surface area (Å²) in [6.07, 6.45) is 4.57. The second-order valence-electron chi connectivity index (χ2n) is 4.79. The quantitative estimate of drug-likeness (QED) is 0.792. The lowest BCUT2D eigenvalue weighted by Gasteiger charge is -2.47. The molecule has 2 aliphatic rings. The van der Waals surface area contributed by atoms with E-state index >= 15 is 0 Å². The lowest BCUT2D eigenvalue weighted by Crippen LogP contribution is -2.61. The van der Waals surface area contributed by atoms with E-state index < -0.39 is 0 Å². The summed E-state index contributed by atoms with van der Waals surface area (Å²) in [7, 11) is 1.75. The zero-order chi connectivity index (χ0) is 12.6. The monoisotopic (exact) mass is 265 g/mol. The molecule has 0 aromatic carbocycles. The molecule has 0 radical (unpaired) electrons. The molecule has 0 bridgehead atoms. The molecule has 0 unspecified atom stereocenters. The first kappa shape index (κ1) is 11.9. The normalized spacial score (nSPS) is 25.2. The van der Waals surface area contributed by atoms with Crippen molar-refractivity contribution in [3.63, 3.8) is 0 Å². The maximum absolute atomic E-state index is 12.1. The molecule has 1 atom stereocenters. The number of carbonyl (C=O) groups is 1. The Morgan fingerprint density at radius 3 is 2.83 bits per heavy atom. The van der Waals surface area contributed by atoms with Crippen LogP contribution in [0.1, 0.15) is 17.0 Å². The van der Waals surface area contributed by atoms with Gasteiger partial charge in [-0.3, -0.25) is 4.79 Å². The van der Waals surface area contributed by atoms with Gasteiger partial charge in [-0.05, 0) is 12.5 Å². The second kappa shape index (κ2) is 4.51. The highest BCUT2D eigenvalue weighted by Gasteiger charge is 2.51. The molecule has 96 valence electrons. The van der Waals surface area contributed by atoms with Crippen molar-refractivity contribution >= 4 is 17.7 Å². The molecule has 3 heterocycles. The smallest absolute Gasteiger partial charge is 0.291 e. The molecule has 2 aliphatic heterocycles. The number of likely N-dealkylation sites (tertiary alicyclic amines) is 1. The molecular formula is C12H15N3O2S. The van der Waals surface area contributed by atoms with Crippen molar-refractivity contribution in [2.45, 2.75) is 17.3 Å². The molecule has 6 heteroatoms. The summed E-state index contributed by atoms with van der Waals surface area (Å²) in [5.41, 5.74) is 0. The zero-order valence-electron chi connectivity index (χ0n) is 10.2. The lowest BCUT2D eigenvalue weighted by molar-refractivity contribution is 0.0441. The Morgan fingerprint density at radius 1 is 1.50 bits per heavy atom. The third-order valence-corrected chi connectivity index (χ3v) is 5.09. The standard InChI is InChI=1S/C12H15N3O2S/c1-17-9-5-12(18-6-9)7-15(8-12)11(16)10-13-3-2-4-14-10/h2-4,9H,5-8H2,1H3/t9-/m0/s1. The highest BCUT2D eigenvalue weighted by molar-refractivity contribution is 8.01. The van der Waals surface area contributed by atoms with Gasteiger partial charge in [0.15, 0.2) is 0 Å². The molecule has 18 heavy (non-hydrogen) atoms. The molecule has 1 aromatic heterocycles. The van der Waals surface area contributed by atoms with Crippen molar-refractivity contribution in [2.75, 3.05) is 26.0 Å². The average molecular weight is 265 g/mol. The fourth-order valence-corrected chi connectivity index (χ4v) is 4.11. The SMILES string of the molecule is CO[C@@H]1CSC2(C1)CN(C(=O)c1ncccn1)C2. The van der Waals surface area contributed by atoms with Crippen LogP contribution in [-0.4, -0.2) is 57.6 Å².